The maximum absolute atomic E-state index is 6.00. The maximum Gasteiger partial charge on any atom is 0.0844 e. The van der Waals surface area contributed by atoms with Crippen molar-refractivity contribution in [1.82, 2.24) is 0 Å². The zero-order valence-electron chi connectivity index (χ0n) is 8.95. The van der Waals surface area contributed by atoms with Crippen LogP contribution in [-0.2, 0) is 9.47 Å². The number of allylic oxidation sites excluding steroid dienone is 1. The molecule has 2 aliphatic rings. The molecule has 0 aliphatic carbocycles. The summed E-state index contributed by atoms with van der Waals surface area (Å²) in [5.74, 6) is 0. The van der Waals surface area contributed by atoms with Crippen LogP contribution in [0.15, 0.2) is 12.2 Å². The van der Waals surface area contributed by atoms with E-state index in [1.54, 1.807) is 0 Å². The first kappa shape index (κ1) is 10.2. The summed E-state index contributed by atoms with van der Waals surface area (Å²) in [6, 6.07) is 0. The number of hydrogen-bond donors (Lipinski definition) is 0. The minimum Gasteiger partial charge on any atom is -0.376 e. The van der Waals surface area contributed by atoms with Crippen molar-refractivity contribution < 1.29 is 9.47 Å². The van der Waals surface area contributed by atoms with Crippen LogP contribution in [-0.4, -0.2) is 24.9 Å². The summed E-state index contributed by atoms with van der Waals surface area (Å²) in [5.41, 5.74) is 0. The van der Waals surface area contributed by atoms with Crippen molar-refractivity contribution in [3.8, 4) is 0 Å². The molecule has 2 fully saturated rings. The lowest BCUT2D eigenvalue weighted by atomic mass is 9.98. The third-order valence-electron chi connectivity index (χ3n) is 3.11. The molecule has 0 aromatic heterocycles. The van der Waals surface area contributed by atoms with Crippen LogP contribution >= 0.6 is 0 Å². The Hall–Kier alpha value is -0.340. The lowest BCUT2D eigenvalue weighted by Crippen LogP contribution is -2.35. The van der Waals surface area contributed by atoms with E-state index in [2.05, 4.69) is 19.1 Å². The fourth-order valence-corrected chi connectivity index (χ4v) is 2.41. The molecule has 2 heterocycles. The van der Waals surface area contributed by atoms with E-state index >= 15 is 0 Å². The molecular formula is C12H20O2. The molecule has 2 aliphatic heterocycles. The molecule has 0 N–H and O–H groups in total. The highest BCUT2D eigenvalue weighted by Crippen LogP contribution is 2.27. The van der Waals surface area contributed by atoms with Gasteiger partial charge in [0.2, 0.25) is 0 Å². The van der Waals surface area contributed by atoms with Gasteiger partial charge in [-0.25, -0.2) is 0 Å². The molecule has 0 unspecified atom stereocenters. The van der Waals surface area contributed by atoms with Crippen molar-refractivity contribution in [1.29, 1.82) is 0 Å². The number of ether oxygens (including phenoxy) is 2. The first-order valence-electron chi connectivity index (χ1n) is 5.80. The minimum absolute atomic E-state index is 0.336. The van der Waals surface area contributed by atoms with Gasteiger partial charge in [0.15, 0.2) is 0 Å². The van der Waals surface area contributed by atoms with Crippen molar-refractivity contribution in [2.75, 3.05) is 6.61 Å². The molecule has 14 heavy (non-hydrogen) atoms. The molecule has 2 saturated heterocycles. The van der Waals surface area contributed by atoms with E-state index < -0.39 is 0 Å². The lowest BCUT2D eigenvalue weighted by molar-refractivity contribution is -0.0945. The van der Waals surface area contributed by atoms with Crippen molar-refractivity contribution in [2.45, 2.75) is 57.3 Å². The Kier molecular flexibility index (Phi) is 3.60. The van der Waals surface area contributed by atoms with Gasteiger partial charge in [-0.1, -0.05) is 12.2 Å². The third-order valence-corrected chi connectivity index (χ3v) is 3.11. The Bertz CT molecular complexity index is 194. The second-order valence-electron chi connectivity index (χ2n) is 4.22. The fourth-order valence-electron chi connectivity index (χ4n) is 2.41. The smallest absolute Gasteiger partial charge is 0.0844 e. The first-order valence-corrected chi connectivity index (χ1v) is 5.80. The Balaban J connectivity index is 1.86. The van der Waals surface area contributed by atoms with Gasteiger partial charge in [-0.3, -0.25) is 0 Å². The average molecular weight is 196 g/mol. The van der Waals surface area contributed by atoms with Crippen molar-refractivity contribution in [3.63, 3.8) is 0 Å². The number of hydrogen-bond acceptors (Lipinski definition) is 2. The van der Waals surface area contributed by atoms with E-state index in [1.165, 1.54) is 32.1 Å². The highest BCUT2D eigenvalue weighted by Gasteiger charge is 2.30. The topological polar surface area (TPSA) is 18.5 Å². The van der Waals surface area contributed by atoms with Gasteiger partial charge in [0, 0.05) is 6.61 Å². The van der Waals surface area contributed by atoms with Gasteiger partial charge in [-0.2, -0.15) is 0 Å². The predicted molar refractivity (Wildman–Crippen MR) is 56.3 cm³/mol. The van der Waals surface area contributed by atoms with Gasteiger partial charge >= 0.3 is 0 Å². The van der Waals surface area contributed by atoms with Crippen LogP contribution in [0.5, 0.6) is 0 Å². The average Bonchev–Trinajstić information content (AvgIpc) is 2.71. The molecule has 0 bridgehead atoms. The Morgan fingerprint density at radius 3 is 2.64 bits per heavy atom. The molecule has 2 heteroatoms. The molecular weight excluding hydrogens is 176 g/mol. The Morgan fingerprint density at radius 2 is 1.93 bits per heavy atom. The molecule has 0 radical (unpaired) electrons. The van der Waals surface area contributed by atoms with E-state index in [0.29, 0.717) is 18.3 Å². The highest BCUT2D eigenvalue weighted by molar-refractivity contribution is 4.91. The minimum atomic E-state index is 0.336. The summed E-state index contributed by atoms with van der Waals surface area (Å²) >= 11 is 0. The molecule has 0 aromatic rings. The second-order valence-corrected chi connectivity index (χ2v) is 4.22. The van der Waals surface area contributed by atoms with E-state index in [-0.39, 0.29) is 0 Å². The normalized spacial score (nSPS) is 39.4. The van der Waals surface area contributed by atoms with E-state index in [1.807, 2.05) is 0 Å². The SMILES string of the molecule is C/C=C/[C@@H]1CCC[C@@H]([C@H]2CCCO2)O1. The molecule has 2 rings (SSSR count). The lowest BCUT2D eigenvalue weighted by Gasteiger charge is -2.31. The largest absolute Gasteiger partial charge is 0.376 e. The van der Waals surface area contributed by atoms with Crippen LogP contribution in [0.1, 0.15) is 39.0 Å². The third kappa shape index (κ3) is 2.37. The van der Waals surface area contributed by atoms with Crippen molar-refractivity contribution >= 4 is 0 Å². The Morgan fingerprint density at radius 1 is 1.07 bits per heavy atom. The summed E-state index contributed by atoms with van der Waals surface area (Å²) in [6.07, 6.45) is 11.3. The number of rotatable bonds is 2. The molecule has 0 aromatic carbocycles. The van der Waals surface area contributed by atoms with Gasteiger partial charge in [-0.15, -0.1) is 0 Å². The molecule has 80 valence electrons. The maximum atomic E-state index is 6.00. The van der Waals surface area contributed by atoms with Crippen LogP contribution in [0.25, 0.3) is 0 Å². The van der Waals surface area contributed by atoms with E-state index in [9.17, 15) is 0 Å². The monoisotopic (exact) mass is 196 g/mol. The summed E-state index contributed by atoms with van der Waals surface area (Å²) < 4.78 is 11.7. The van der Waals surface area contributed by atoms with Crippen molar-refractivity contribution in [2.24, 2.45) is 0 Å². The van der Waals surface area contributed by atoms with Crippen LogP contribution < -0.4 is 0 Å². The Labute approximate surface area is 86.3 Å². The van der Waals surface area contributed by atoms with Crippen LogP contribution in [0.4, 0.5) is 0 Å². The zero-order chi connectivity index (χ0) is 9.80. The molecule has 0 spiro atoms. The van der Waals surface area contributed by atoms with Gasteiger partial charge in [0.25, 0.3) is 0 Å². The molecule has 3 atom stereocenters. The van der Waals surface area contributed by atoms with Crippen molar-refractivity contribution in [3.05, 3.63) is 12.2 Å². The summed E-state index contributed by atoms with van der Waals surface area (Å²) in [5, 5.41) is 0. The summed E-state index contributed by atoms with van der Waals surface area (Å²) in [7, 11) is 0. The standard InChI is InChI=1S/C12H20O2/c1-2-5-10-6-3-7-12(14-10)11-8-4-9-13-11/h2,5,10-12H,3-4,6-9H2,1H3/b5-2+/t10-,11-,12+/m1/s1. The second kappa shape index (κ2) is 4.94. The fraction of sp³-hybridized carbons (Fsp3) is 0.833. The van der Waals surface area contributed by atoms with Crippen LogP contribution in [0, 0.1) is 0 Å². The predicted octanol–water partition coefficient (Wildman–Crippen LogP) is 2.68. The van der Waals surface area contributed by atoms with E-state index in [4.69, 9.17) is 9.47 Å². The molecule has 2 nitrogen and oxygen atoms in total. The van der Waals surface area contributed by atoms with Crippen LogP contribution in [0.2, 0.25) is 0 Å². The van der Waals surface area contributed by atoms with Crippen LogP contribution in [0.3, 0.4) is 0 Å². The highest BCUT2D eigenvalue weighted by atomic mass is 16.5. The van der Waals surface area contributed by atoms with Gasteiger partial charge in [0.1, 0.15) is 0 Å². The zero-order valence-corrected chi connectivity index (χ0v) is 8.95. The first-order chi connectivity index (χ1) is 6.90. The van der Waals surface area contributed by atoms with E-state index in [0.717, 1.165) is 6.61 Å². The van der Waals surface area contributed by atoms with Gasteiger partial charge < -0.3 is 9.47 Å². The molecule has 0 amide bonds. The quantitative estimate of drug-likeness (QED) is 0.632. The summed E-state index contributed by atoms with van der Waals surface area (Å²) in [4.78, 5) is 0. The van der Waals surface area contributed by atoms with Gasteiger partial charge in [-0.05, 0) is 39.0 Å². The summed E-state index contributed by atoms with van der Waals surface area (Å²) in [6.45, 7) is 2.98. The van der Waals surface area contributed by atoms with Gasteiger partial charge in [0.05, 0.1) is 18.3 Å². The molecule has 0 saturated carbocycles.